The molecule has 0 saturated carbocycles. The average molecular weight is 460 g/mol. The minimum atomic E-state index is -0.446. The van der Waals surface area contributed by atoms with Gasteiger partial charge in [-0.2, -0.15) is 0 Å². The van der Waals surface area contributed by atoms with Gasteiger partial charge in [0.1, 0.15) is 5.76 Å². The van der Waals surface area contributed by atoms with Crippen molar-refractivity contribution in [2.45, 2.75) is 20.8 Å². The molecule has 4 nitrogen and oxygen atoms in total. The summed E-state index contributed by atoms with van der Waals surface area (Å²) < 4.78 is 11.6. The SMILES string of the molecule is CCOC(=O)/C=C(\C=C(/CSC(C)=O)c1ccc(I)cc1)OCC. The van der Waals surface area contributed by atoms with E-state index >= 15 is 0 Å². The van der Waals surface area contributed by atoms with Gasteiger partial charge in [-0.25, -0.2) is 4.79 Å². The van der Waals surface area contributed by atoms with Crippen LogP contribution in [0, 0.1) is 3.57 Å². The number of ether oxygens (including phenoxy) is 2. The van der Waals surface area contributed by atoms with E-state index in [1.165, 1.54) is 24.8 Å². The minimum absolute atomic E-state index is 0.0405. The third-order valence-corrected chi connectivity index (χ3v) is 4.40. The first-order chi connectivity index (χ1) is 11.5. The summed E-state index contributed by atoms with van der Waals surface area (Å²) >= 11 is 3.46. The first-order valence-corrected chi connectivity index (χ1v) is 9.63. The fourth-order valence-electron chi connectivity index (χ4n) is 1.82. The summed E-state index contributed by atoms with van der Waals surface area (Å²) in [6, 6.07) is 7.97. The molecule has 1 aromatic rings. The molecule has 0 bridgehead atoms. The summed E-state index contributed by atoms with van der Waals surface area (Å²) in [6.45, 7) is 5.88. The molecule has 0 aromatic heterocycles. The summed E-state index contributed by atoms with van der Waals surface area (Å²) in [7, 11) is 0. The van der Waals surface area contributed by atoms with E-state index in [0.717, 1.165) is 14.7 Å². The summed E-state index contributed by atoms with van der Waals surface area (Å²) in [6.07, 6.45) is 3.12. The lowest BCUT2D eigenvalue weighted by atomic mass is 10.1. The van der Waals surface area contributed by atoms with E-state index in [4.69, 9.17) is 9.47 Å². The number of hydrogen-bond donors (Lipinski definition) is 0. The minimum Gasteiger partial charge on any atom is -0.494 e. The van der Waals surface area contributed by atoms with Crippen molar-refractivity contribution in [2.75, 3.05) is 19.0 Å². The van der Waals surface area contributed by atoms with Crippen molar-refractivity contribution in [2.24, 2.45) is 0 Å². The third kappa shape index (κ3) is 8.01. The molecule has 0 fully saturated rings. The smallest absolute Gasteiger partial charge is 0.334 e. The van der Waals surface area contributed by atoms with Gasteiger partial charge in [0.2, 0.25) is 0 Å². The molecule has 0 aliphatic carbocycles. The Kier molecular flexibility index (Phi) is 9.78. The topological polar surface area (TPSA) is 52.6 Å². The van der Waals surface area contributed by atoms with E-state index < -0.39 is 5.97 Å². The maximum Gasteiger partial charge on any atom is 0.334 e. The monoisotopic (exact) mass is 460 g/mol. The van der Waals surface area contributed by atoms with Crippen molar-refractivity contribution in [1.29, 1.82) is 0 Å². The first kappa shape index (κ1) is 20.8. The molecule has 6 heteroatoms. The van der Waals surface area contributed by atoms with E-state index in [2.05, 4.69) is 22.6 Å². The normalized spacial score (nSPS) is 12.0. The highest BCUT2D eigenvalue weighted by molar-refractivity contribution is 14.1. The predicted molar refractivity (Wildman–Crippen MR) is 107 cm³/mol. The number of esters is 1. The molecular weight excluding hydrogens is 439 g/mol. The standard InChI is InChI=1S/C18H21IO4S/c1-4-22-17(11-18(21)23-5-2)10-15(12-24-13(3)20)14-6-8-16(19)9-7-14/h6-11H,4-5,12H2,1-3H3/b15-10+,17-11+. The van der Waals surface area contributed by atoms with Crippen LogP contribution in [0.4, 0.5) is 0 Å². The molecule has 0 heterocycles. The van der Waals surface area contributed by atoms with Crippen LogP contribution in [0.15, 0.2) is 42.2 Å². The van der Waals surface area contributed by atoms with Gasteiger partial charge in [-0.15, -0.1) is 0 Å². The van der Waals surface area contributed by atoms with Crippen molar-refractivity contribution in [3.05, 3.63) is 51.3 Å². The molecule has 1 rings (SSSR count). The Bertz CT molecular complexity index is 620. The number of benzene rings is 1. The molecule has 0 radical (unpaired) electrons. The molecule has 0 atom stereocenters. The number of halogens is 1. The summed E-state index contributed by atoms with van der Waals surface area (Å²) in [5, 5.41) is 0.0405. The number of carbonyl (C=O) groups excluding carboxylic acids is 2. The van der Waals surface area contributed by atoms with Crippen molar-refractivity contribution < 1.29 is 19.1 Å². The van der Waals surface area contributed by atoms with Gasteiger partial charge in [0.15, 0.2) is 5.12 Å². The Balaban J connectivity index is 3.16. The number of carbonyl (C=O) groups is 2. The Labute approximate surface area is 160 Å². The molecule has 0 amide bonds. The molecule has 0 aliphatic rings. The third-order valence-electron chi connectivity index (χ3n) is 2.82. The van der Waals surface area contributed by atoms with Crippen LogP contribution in [-0.2, 0) is 19.1 Å². The van der Waals surface area contributed by atoms with Gasteiger partial charge >= 0.3 is 5.97 Å². The Hall–Kier alpha value is -1.28. The highest BCUT2D eigenvalue weighted by Gasteiger charge is 2.08. The van der Waals surface area contributed by atoms with Gasteiger partial charge in [0, 0.05) is 16.2 Å². The van der Waals surface area contributed by atoms with Crippen LogP contribution in [0.25, 0.3) is 5.57 Å². The number of hydrogen-bond acceptors (Lipinski definition) is 5. The lowest BCUT2D eigenvalue weighted by Crippen LogP contribution is -2.03. The second-order valence-electron chi connectivity index (χ2n) is 4.69. The van der Waals surface area contributed by atoms with Gasteiger partial charge in [-0.3, -0.25) is 4.79 Å². The second kappa shape index (κ2) is 11.3. The molecule has 0 spiro atoms. The van der Waals surface area contributed by atoms with Crippen molar-refractivity contribution >= 4 is 51.0 Å². The molecule has 1 aromatic carbocycles. The van der Waals surface area contributed by atoms with Gasteiger partial charge in [-0.1, -0.05) is 23.9 Å². The number of thioether (sulfide) groups is 1. The lowest BCUT2D eigenvalue weighted by molar-refractivity contribution is -0.137. The van der Waals surface area contributed by atoms with E-state index in [-0.39, 0.29) is 5.12 Å². The quantitative estimate of drug-likeness (QED) is 0.189. The van der Waals surface area contributed by atoms with Crippen LogP contribution >= 0.6 is 34.4 Å². The highest BCUT2D eigenvalue weighted by atomic mass is 127. The van der Waals surface area contributed by atoms with Crippen LogP contribution < -0.4 is 0 Å². The van der Waals surface area contributed by atoms with Gasteiger partial charge in [0.25, 0.3) is 0 Å². The average Bonchev–Trinajstić information content (AvgIpc) is 2.52. The first-order valence-electron chi connectivity index (χ1n) is 7.57. The molecule has 0 unspecified atom stereocenters. The van der Waals surface area contributed by atoms with Crippen LogP contribution in [-0.4, -0.2) is 30.1 Å². The maximum atomic E-state index is 11.7. The molecule has 0 N–H and O–H groups in total. The van der Waals surface area contributed by atoms with Crippen LogP contribution in [0.1, 0.15) is 26.3 Å². The molecule has 0 aliphatic heterocycles. The van der Waals surface area contributed by atoms with Gasteiger partial charge in [-0.05, 0) is 65.8 Å². The largest absolute Gasteiger partial charge is 0.494 e. The Morgan fingerprint density at radius 2 is 1.71 bits per heavy atom. The summed E-state index contributed by atoms with van der Waals surface area (Å²) in [5.41, 5.74) is 1.90. The van der Waals surface area contributed by atoms with E-state index in [0.29, 0.717) is 24.7 Å². The fourth-order valence-corrected chi connectivity index (χ4v) is 2.78. The number of allylic oxidation sites excluding steroid dienone is 1. The van der Waals surface area contributed by atoms with E-state index in [9.17, 15) is 9.59 Å². The van der Waals surface area contributed by atoms with Crippen LogP contribution in [0.3, 0.4) is 0 Å². The van der Waals surface area contributed by atoms with E-state index in [1.54, 1.807) is 13.0 Å². The zero-order chi connectivity index (χ0) is 17.9. The molecule has 130 valence electrons. The zero-order valence-corrected chi connectivity index (χ0v) is 17.0. The molecular formula is C18H21IO4S. The molecule has 0 saturated heterocycles. The summed E-state index contributed by atoms with van der Waals surface area (Å²) in [4.78, 5) is 23.0. The second-order valence-corrected chi connectivity index (χ2v) is 7.09. The van der Waals surface area contributed by atoms with Gasteiger partial charge < -0.3 is 9.47 Å². The predicted octanol–water partition coefficient (Wildman–Crippen LogP) is 4.44. The van der Waals surface area contributed by atoms with E-state index in [1.807, 2.05) is 31.2 Å². The van der Waals surface area contributed by atoms with Crippen molar-refractivity contribution in [3.63, 3.8) is 0 Å². The fraction of sp³-hybridized carbons (Fsp3) is 0.333. The van der Waals surface area contributed by atoms with Crippen molar-refractivity contribution in [3.8, 4) is 0 Å². The van der Waals surface area contributed by atoms with Gasteiger partial charge in [0.05, 0.1) is 19.3 Å². The Morgan fingerprint density at radius 3 is 2.25 bits per heavy atom. The van der Waals surface area contributed by atoms with Crippen molar-refractivity contribution in [1.82, 2.24) is 0 Å². The number of rotatable bonds is 8. The Morgan fingerprint density at radius 1 is 1.08 bits per heavy atom. The maximum absolute atomic E-state index is 11.7. The molecule has 24 heavy (non-hydrogen) atoms. The summed E-state index contributed by atoms with van der Waals surface area (Å²) in [5.74, 6) is 0.482. The van der Waals surface area contributed by atoms with Crippen LogP contribution in [0.2, 0.25) is 0 Å². The van der Waals surface area contributed by atoms with Crippen LogP contribution in [0.5, 0.6) is 0 Å². The zero-order valence-electron chi connectivity index (χ0n) is 14.0. The highest BCUT2D eigenvalue weighted by Crippen LogP contribution is 2.23. The lowest BCUT2D eigenvalue weighted by Gasteiger charge is -2.10.